The number of hydrogen-bond acceptors (Lipinski definition) is 8. The van der Waals surface area contributed by atoms with Gasteiger partial charge in [0.1, 0.15) is 0 Å². The molecule has 12 heteroatoms. The van der Waals surface area contributed by atoms with Gasteiger partial charge in [-0.2, -0.15) is 0 Å². The number of aromatic amines is 1. The van der Waals surface area contributed by atoms with Gasteiger partial charge in [0.2, 0.25) is 5.91 Å². The van der Waals surface area contributed by atoms with Crippen molar-refractivity contribution >= 4 is 27.5 Å². The predicted octanol–water partition coefficient (Wildman–Crippen LogP) is 3.23. The van der Waals surface area contributed by atoms with Crippen LogP contribution in [0.3, 0.4) is 0 Å². The number of nitrogens with zero attached hydrogens (tertiary/aromatic N) is 1. The zero-order valence-corrected chi connectivity index (χ0v) is 25.2. The first-order valence-electron chi connectivity index (χ1n) is 14.5. The Bertz CT molecular complexity index is 1530. The molecule has 0 bridgehead atoms. The third kappa shape index (κ3) is 6.56. The molecule has 1 saturated heterocycles. The van der Waals surface area contributed by atoms with Gasteiger partial charge in [-0.1, -0.05) is 49.4 Å². The number of carbonyl (C=O) groups is 3. The summed E-state index contributed by atoms with van der Waals surface area (Å²) in [5.41, 5.74) is 5.28. The van der Waals surface area contributed by atoms with Crippen LogP contribution in [0.15, 0.2) is 72.0 Å². The lowest BCUT2D eigenvalue weighted by Gasteiger charge is -2.43. The summed E-state index contributed by atoms with van der Waals surface area (Å²) in [6.45, 7) is 2.22. The number of carbonyl (C=O) groups excluding carboxylic acids is 2. The number of likely N-dealkylation sites (N-methyl/N-ethyl adjacent to an activating group) is 1. The molecule has 2 heterocycles. The fraction of sp³-hybridized carbons (Fsp3) is 0.419. The Hall–Kier alpha value is -3.87. The lowest BCUT2D eigenvalue weighted by atomic mass is 9.69. The van der Waals surface area contributed by atoms with Crippen LogP contribution in [0, 0.1) is 5.41 Å². The van der Waals surface area contributed by atoms with E-state index in [0.717, 1.165) is 16.8 Å². The summed E-state index contributed by atoms with van der Waals surface area (Å²) in [6.07, 6.45) is 3.85. The zero-order valence-electron chi connectivity index (χ0n) is 24.4. The second-order valence-corrected chi connectivity index (χ2v) is 13.0. The van der Waals surface area contributed by atoms with E-state index in [4.69, 9.17) is 0 Å². The van der Waals surface area contributed by atoms with Crippen molar-refractivity contribution in [3.8, 4) is 11.3 Å². The number of imidazole rings is 1. The van der Waals surface area contributed by atoms with Crippen LogP contribution in [-0.2, 0) is 24.2 Å². The standard InChI is InChI=1S/C31H39N5O6S/c1-3-30(29(39)40,16-9-19-43(41,42)22-10-5-4-6-11-22)17-14-27(37)31(28(38)32-2)25(15-18-35-36-31)23-12-7-8-13-24(23)26-20-33-21-34-26/h4-8,10-13,20-21,25,35-36H,3,9,14-19H2,1-2H3,(H,32,38)(H,33,34)(H,39,40)/t25-,30?,31-/m0/s1. The van der Waals surface area contributed by atoms with Gasteiger partial charge in [0.25, 0.3) is 0 Å². The molecule has 1 aromatic heterocycles. The van der Waals surface area contributed by atoms with Gasteiger partial charge < -0.3 is 15.4 Å². The lowest BCUT2D eigenvalue weighted by molar-refractivity contribution is -0.150. The fourth-order valence-electron chi connectivity index (χ4n) is 6.10. The van der Waals surface area contributed by atoms with Crippen LogP contribution in [-0.4, -0.2) is 66.0 Å². The number of Topliss-reactive ketones (excluding diaryl/α,β-unsaturated/α-hetero) is 1. The molecule has 5 N–H and O–H groups in total. The smallest absolute Gasteiger partial charge is 0.309 e. The number of nitrogens with one attached hydrogen (secondary N) is 4. The molecule has 2 aromatic carbocycles. The molecule has 1 amide bonds. The van der Waals surface area contributed by atoms with Crippen LogP contribution in [0.25, 0.3) is 11.3 Å². The highest BCUT2D eigenvalue weighted by molar-refractivity contribution is 7.91. The second-order valence-electron chi connectivity index (χ2n) is 10.9. The third-order valence-corrected chi connectivity index (χ3v) is 10.5. The van der Waals surface area contributed by atoms with Crippen molar-refractivity contribution in [3.63, 3.8) is 0 Å². The molecule has 11 nitrogen and oxygen atoms in total. The minimum absolute atomic E-state index is 0.0433. The Morgan fingerprint density at radius 1 is 1.09 bits per heavy atom. The number of hydrazine groups is 1. The average Bonchev–Trinajstić information content (AvgIpc) is 3.57. The maximum Gasteiger partial charge on any atom is 0.309 e. The molecular weight excluding hydrogens is 570 g/mol. The number of hydrogen-bond donors (Lipinski definition) is 5. The van der Waals surface area contributed by atoms with Crippen LogP contribution in [0.2, 0.25) is 0 Å². The summed E-state index contributed by atoms with van der Waals surface area (Å²) in [6, 6.07) is 15.6. The van der Waals surface area contributed by atoms with E-state index in [2.05, 4.69) is 26.1 Å². The number of amides is 1. The van der Waals surface area contributed by atoms with E-state index in [0.29, 0.717) is 13.0 Å². The normalized spacial score (nSPS) is 20.2. The van der Waals surface area contributed by atoms with Gasteiger partial charge >= 0.3 is 5.97 Å². The number of rotatable bonds is 14. The van der Waals surface area contributed by atoms with Crippen LogP contribution in [0.1, 0.15) is 56.9 Å². The number of aromatic nitrogens is 2. The summed E-state index contributed by atoms with van der Waals surface area (Å²) in [4.78, 5) is 47.9. The number of carboxylic acid groups (broad SMARTS) is 1. The number of carboxylic acids is 1. The van der Waals surface area contributed by atoms with Crippen molar-refractivity contribution in [2.24, 2.45) is 5.41 Å². The lowest BCUT2D eigenvalue weighted by Crippen LogP contribution is -2.71. The van der Waals surface area contributed by atoms with Gasteiger partial charge in [-0.3, -0.25) is 19.8 Å². The largest absolute Gasteiger partial charge is 0.481 e. The number of H-pyrrole nitrogens is 1. The van der Waals surface area contributed by atoms with Crippen LogP contribution < -0.4 is 16.2 Å². The zero-order chi connectivity index (χ0) is 31.1. The Labute approximate surface area is 251 Å². The van der Waals surface area contributed by atoms with Gasteiger partial charge in [0.15, 0.2) is 21.2 Å². The Morgan fingerprint density at radius 2 is 1.81 bits per heavy atom. The summed E-state index contributed by atoms with van der Waals surface area (Å²) >= 11 is 0. The predicted molar refractivity (Wildman–Crippen MR) is 162 cm³/mol. The van der Waals surface area contributed by atoms with E-state index >= 15 is 0 Å². The summed E-state index contributed by atoms with van der Waals surface area (Å²) in [7, 11) is -2.12. The van der Waals surface area contributed by atoms with Gasteiger partial charge in [0.05, 0.1) is 34.3 Å². The molecule has 0 saturated carbocycles. The minimum atomic E-state index is -3.59. The minimum Gasteiger partial charge on any atom is -0.481 e. The molecule has 3 aromatic rings. The first-order valence-corrected chi connectivity index (χ1v) is 16.1. The molecule has 43 heavy (non-hydrogen) atoms. The first-order chi connectivity index (χ1) is 20.6. The van der Waals surface area contributed by atoms with Crippen LogP contribution in [0.5, 0.6) is 0 Å². The van der Waals surface area contributed by atoms with Crippen molar-refractivity contribution < 1.29 is 27.9 Å². The molecule has 1 aliphatic heterocycles. The fourth-order valence-corrected chi connectivity index (χ4v) is 7.43. The first kappa shape index (κ1) is 32.1. The molecule has 3 atom stereocenters. The molecule has 1 fully saturated rings. The highest BCUT2D eigenvalue weighted by atomic mass is 32.2. The monoisotopic (exact) mass is 609 g/mol. The van der Waals surface area contributed by atoms with Gasteiger partial charge in [0, 0.05) is 31.5 Å². The van der Waals surface area contributed by atoms with E-state index in [1.807, 2.05) is 24.3 Å². The summed E-state index contributed by atoms with van der Waals surface area (Å²) in [5, 5.41) is 13.0. The quantitative estimate of drug-likeness (QED) is 0.172. The van der Waals surface area contributed by atoms with E-state index in [-0.39, 0.29) is 42.8 Å². The number of benzene rings is 2. The van der Waals surface area contributed by atoms with Crippen molar-refractivity contribution in [2.45, 2.75) is 61.8 Å². The number of ketones is 1. The van der Waals surface area contributed by atoms with E-state index in [9.17, 15) is 27.9 Å². The Balaban J connectivity index is 1.60. The average molecular weight is 610 g/mol. The SMILES string of the molecule is CCC(CCCS(=O)(=O)c1ccccc1)(CCC(=O)[C@@]1(C(=O)NC)NNCC[C@H]1c1ccccc1-c1cnc[nH]1)C(=O)O. The van der Waals surface area contributed by atoms with E-state index in [1.165, 1.54) is 19.2 Å². The van der Waals surface area contributed by atoms with Crippen LogP contribution in [0.4, 0.5) is 0 Å². The topological polar surface area (TPSA) is 170 Å². The van der Waals surface area contributed by atoms with Crippen molar-refractivity contribution in [1.82, 2.24) is 26.1 Å². The number of aliphatic carboxylic acids is 1. The summed E-state index contributed by atoms with van der Waals surface area (Å²) in [5.74, 6) is -2.85. The molecular formula is C31H39N5O6S. The molecule has 230 valence electrons. The molecule has 4 rings (SSSR count). The van der Waals surface area contributed by atoms with Crippen molar-refractivity contribution in [2.75, 3.05) is 19.3 Å². The maximum absolute atomic E-state index is 14.2. The molecule has 1 aliphatic rings. The van der Waals surface area contributed by atoms with Crippen molar-refractivity contribution in [3.05, 3.63) is 72.7 Å². The van der Waals surface area contributed by atoms with E-state index in [1.54, 1.807) is 37.6 Å². The van der Waals surface area contributed by atoms with Gasteiger partial charge in [-0.25, -0.2) is 18.8 Å². The Morgan fingerprint density at radius 3 is 2.47 bits per heavy atom. The maximum atomic E-state index is 14.2. The Kier molecular flexibility index (Phi) is 10.2. The van der Waals surface area contributed by atoms with E-state index < -0.39 is 44.4 Å². The molecule has 1 unspecified atom stereocenters. The molecule has 0 radical (unpaired) electrons. The highest BCUT2D eigenvalue weighted by Crippen LogP contribution is 2.42. The molecule has 0 spiro atoms. The van der Waals surface area contributed by atoms with Gasteiger partial charge in [-0.15, -0.1) is 0 Å². The van der Waals surface area contributed by atoms with Crippen molar-refractivity contribution in [1.29, 1.82) is 0 Å². The van der Waals surface area contributed by atoms with Gasteiger partial charge in [-0.05, 0) is 49.8 Å². The third-order valence-electron chi connectivity index (χ3n) is 8.65. The molecule has 0 aliphatic carbocycles. The van der Waals surface area contributed by atoms with Crippen LogP contribution >= 0.6 is 0 Å². The number of sulfone groups is 1. The second kappa shape index (κ2) is 13.6. The highest BCUT2D eigenvalue weighted by Gasteiger charge is 2.54. The summed E-state index contributed by atoms with van der Waals surface area (Å²) < 4.78 is 25.6.